The molecule has 0 N–H and O–H groups in total. The summed E-state index contributed by atoms with van der Waals surface area (Å²) < 4.78 is 5.29. The van der Waals surface area contributed by atoms with Gasteiger partial charge in [-0.2, -0.15) is 0 Å². The summed E-state index contributed by atoms with van der Waals surface area (Å²) in [6.45, 7) is 9.21. The third-order valence-electron chi connectivity index (χ3n) is 4.31. The first-order valence-electron chi connectivity index (χ1n) is 9.66. The van der Waals surface area contributed by atoms with Crippen molar-refractivity contribution in [2.75, 3.05) is 6.61 Å². The monoisotopic (exact) mass is 354 g/mol. The minimum Gasteiger partial charge on any atom is -0.463 e. The molecule has 26 heavy (non-hydrogen) atoms. The van der Waals surface area contributed by atoms with Crippen molar-refractivity contribution in [1.82, 2.24) is 0 Å². The zero-order valence-electron chi connectivity index (χ0n) is 16.8. The predicted molar refractivity (Wildman–Crippen MR) is 112 cm³/mol. The predicted octanol–water partition coefficient (Wildman–Crippen LogP) is 6.74. The lowest BCUT2D eigenvalue weighted by molar-refractivity contribution is -0.138. The number of esters is 1. The van der Waals surface area contributed by atoms with Crippen LogP contribution in [-0.4, -0.2) is 12.6 Å². The van der Waals surface area contributed by atoms with Gasteiger partial charge in [-0.25, -0.2) is 4.79 Å². The molecule has 1 atom stereocenters. The van der Waals surface area contributed by atoms with Crippen molar-refractivity contribution in [2.24, 2.45) is 5.92 Å². The Bertz CT molecular complexity index is 604. The molecule has 0 radical (unpaired) electrons. The smallest absolute Gasteiger partial charge is 0.330 e. The standard InChI is InChI=1S/C24H34O2/c1-20(2)10-8-11-21(3)12-9-13-22(4)18-19-26-24(25)17-16-23-14-6-5-7-15-23/h5-7,10,12,14-17,22H,8-9,11,13,18-19H2,1-4H3/b17-16?,21-12+. The second-order valence-electron chi connectivity index (χ2n) is 7.25. The number of hydrogen-bond donors (Lipinski definition) is 0. The second kappa shape index (κ2) is 13.2. The molecule has 0 saturated heterocycles. The highest BCUT2D eigenvalue weighted by Crippen LogP contribution is 2.14. The molecule has 0 fully saturated rings. The maximum absolute atomic E-state index is 11.7. The van der Waals surface area contributed by atoms with E-state index in [4.69, 9.17) is 4.74 Å². The fourth-order valence-electron chi connectivity index (χ4n) is 2.59. The Balaban J connectivity index is 2.16. The molecule has 0 aliphatic carbocycles. The van der Waals surface area contributed by atoms with Gasteiger partial charge in [0.05, 0.1) is 6.61 Å². The first-order chi connectivity index (χ1) is 12.5. The van der Waals surface area contributed by atoms with Crippen LogP contribution in [0.2, 0.25) is 0 Å². The molecule has 1 unspecified atom stereocenters. The maximum Gasteiger partial charge on any atom is 0.330 e. The molecule has 2 nitrogen and oxygen atoms in total. The van der Waals surface area contributed by atoms with Gasteiger partial charge in [0.25, 0.3) is 0 Å². The quantitative estimate of drug-likeness (QED) is 0.250. The molecule has 2 heteroatoms. The summed E-state index contributed by atoms with van der Waals surface area (Å²) in [5.74, 6) is 0.291. The van der Waals surface area contributed by atoms with Gasteiger partial charge in [-0.3, -0.25) is 0 Å². The van der Waals surface area contributed by atoms with Crippen LogP contribution in [0, 0.1) is 5.92 Å². The van der Waals surface area contributed by atoms with Crippen LogP contribution in [0.25, 0.3) is 6.08 Å². The van der Waals surface area contributed by atoms with Gasteiger partial charge in [0.2, 0.25) is 0 Å². The Morgan fingerprint density at radius 3 is 2.46 bits per heavy atom. The van der Waals surface area contributed by atoms with Gasteiger partial charge in [0.15, 0.2) is 0 Å². The SMILES string of the molecule is CC(C)=CCC/C(C)=C/CCC(C)CCOC(=O)C=Cc1ccccc1. The molecule has 1 aromatic rings. The first kappa shape index (κ1) is 22.0. The number of benzene rings is 1. The number of allylic oxidation sites excluding steroid dienone is 4. The molecule has 0 aliphatic rings. The Morgan fingerprint density at radius 1 is 1.04 bits per heavy atom. The van der Waals surface area contributed by atoms with E-state index in [9.17, 15) is 4.79 Å². The van der Waals surface area contributed by atoms with Crippen molar-refractivity contribution in [3.8, 4) is 0 Å². The lowest BCUT2D eigenvalue weighted by atomic mass is 10.0. The molecule has 0 heterocycles. The van der Waals surface area contributed by atoms with Crippen molar-refractivity contribution in [3.63, 3.8) is 0 Å². The van der Waals surface area contributed by atoms with Crippen molar-refractivity contribution in [2.45, 2.75) is 59.8 Å². The summed E-state index contributed by atoms with van der Waals surface area (Å²) in [6.07, 6.45) is 13.4. The van der Waals surface area contributed by atoms with Crippen LogP contribution in [-0.2, 0) is 9.53 Å². The first-order valence-corrected chi connectivity index (χ1v) is 9.66. The maximum atomic E-state index is 11.7. The molecule has 142 valence electrons. The van der Waals surface area contributed by atoms with Crippen LogP contribution in [0.5, 0.6) is 0 Å². The molecule has 0 amide bonds. The fourth-order valence-corrected chi connectivity index (χ4v) is 2.59. The van der Waals surface area contributed by atoms with Gasteiger partial charge in [-0.1, -0.05) is 60.6 Å². The Hall–Kier alpha value is -2.09. The summed E-state index contributed by atoms with van der Waals surface area (Å²) in [5.41, 5.74) is 3.86. The number of carbonyl (C=O) groups is 1. The van der Waals surface area contributed by atoms with Crippen LogP contribution in [0.3, 0.4) is 0 Å². The number of carbonyl (C=O) groups excluding carboxylic acids is 1. The minimum atomic E-state index is -0.268. The minimum absolute atomic E-state index is 0.268. The fraction of sp³-hybridized carbons (Fsp3) is 0.458. The Kier molecular flexibility index (Phi) is 11.1. The van der Waals surface area contributed by atoms with E-state index in [1.807, 2.05) is 30.3 Å². The van der Waals surface area contributed by atoms with Crippen molar-refractivity contribution >= 4 is 12.0 Å². The van der Waals surface area contributed by atoms with E-state index in [2.05, 4.69) is 39.8 Å². The van der Waals surface area contributed by atoms with Gasteiger partial charge >= 0.3 is 5.97 Å². The van der Waals surface area contributed by atoms with Crippen molar-refractivity contribution in [3.05, 3.63) is 65.3 Å². The number of rotatable bonds is 11. The topological polar surface area (TPSA) is 26.3 Å². The molecular weight excluding hydrogens is 320 g/mol. The molecule has 1 rings (SSSR count). The number of ether oxygens (including phenoxy) is 1. The van der Waals surface area contributed by atoms with Gasteiger partial charge in [-0.05, 0) is 70.4 Å². The summed E-state index contributed by atoms with van der Waals surface area (Å²) in [6, 6.07) is 9.77. The molecule has 0 saturated carbocycles. The zero-order chi connectivity index (χ0) is 19.2. The third kappa shape index (κ3) is 11.5. The molecule has 1 aromatic carbocycles. The average molecular weight is 355 g/mol. The van der Waals surface area contributed by atoms with Crippen LogP contribution in [0.4, 0.5) is 0 Å². The largest absolute Gasteiger partial charge is 0.463 e. The summed E-state index contributed by atoms with van der Waals surface area (Å²) in [5, 5.41) is 0. The lowest BCUT2D eigenvalue weighted by Gasteiger charge is -2.10. The van der Waals surface area contributed by atoms with Crippen molar-refractivity contribution in [1.29, 1.82) is 0 Å². The van der Waals surface area contributed by atoms with Crippen LogP contribution in [0.1, 0.15) is 65.4 Å². The van der Waals surface area contributed by atoms with Gasteiger partial charge in [-0.15, -0.1) is 0 Å². The molecular formula is C24H34O2. The normalized spacial score (nSPS) is 12.8. The van der Waals surface area contributed by atoms with Gasteiger partial charge in [0, 0.05) is 6.08 Å². The van der Waals surface area contributed by atoms with E-state index >= 15 is 0 Å². The van der Waals surface area contributed by atoms with Crippen LogP contribution >= 0.6 is 0 Å². The lowest BCUT2D eigenvalue weighted by Crippen LogP contribution is -2.06. The highest BCUT2D eigenvalue weighted by atomic mass is 16.5. The molecule has 0 bridgehead atoms. The second-order valence-corrected chi connectivity index (χ2v) is 7.25. The van der Waals surface area contributed by atoms with E-state index in [-0.39, 0.29) is 5.97 Å². The van der Waals surface area contributed by atoms with Gasteiger partial charge in [0.1, 0.15) is 0 Å². The summed E-state index contributed by atoms with van der Waals surface area (Å²) in [4.78, 5) is 11.7. The van der Waals surface area contributed by atoms with Crippen molar-refractivity contribution < 1.29 is 9.53 Å². The molecule has 0 aromatic heterocycles. The molecule has 0 aliphatic heterocycles. The van der Waals surface area contributed by atoms with Crippen LogP contribution in [0.15, 0.2) is 59.7 Å². The Morgan fingerprint density at radius 2 is 1.77 bits per heavy atom. The zero-order valence-corrected chi connectivity index (χ0v) is 16.8. The van der Waals surface area contributed by atoms with E-state index in [0.29, 0.717) is 12.5 Å². The summed E-state index contributed by atoms with van der Waals surface area (Å²) >= 11 is 0. The van der Waals surface area contributed by atoms with Crippen LogP contribution < -0.4 is 0 Å². The summed E-state index contributed by atoms with van der Waals surface area (Å²) in [7, 11) is 0. The highest BCUT2D eigenvalue weighted by molar-refractivity contribution is 5.86. The van der Waals surface area contributed by atoms with E-state index in [1.54, 1.807) is 6.08 Å². The molecule has 0 spiro atoms. The van der Waals surface area contributed by atoms with E-state index in [0.717, 1.165) is 37.7 Å². The van der Waals surface area contributed by atoms with E-state index in [1.165, 1.54) is 17.2 Å². The number of hydrogen-bond acceptors (Lipinski definition) is 2. The third-order valence-corrected chi connectivity index (χ3v) is 4.31. The average Bonchev–Trinajstić information content (AvgIpc) is 2.60. The highest BCUT2D eigenvalue weighted by Gasteiger charge is 2.03. The Labute approximate surface area is 159 Å². The van der Waals surface area contributed by atoms with E-state index < -0.39 is 0 Å². The van der Waals surface area contributed by atoms with Gasteiger partial charge < -0.3 is 4.74 Å².